The van der Waals surface area contributed by atoms with E-state index in [0.717, 1.165) is 16.8 Å². The summed E-state index contributed by atoms with van der Waals surface area (Å²) in [6.45, 7) is 3.95. The molecule has 1 heterocycles. The molecule has 0 aliphatic heterocycles. The largest absolute Gasteiger partial charge is 0.487 e. The Morgan fingerprint density at radius 2 is 1.73 bits per heavy atom. The molecule has 150 valence electrons. The van der Waals surface area contributed by atoms with E-state index in [1.165, 1.54) is 12.1 Å². The molecule has 0 aliphatic rings. The van der Waals surface area contributed by atoms with Crippen LogP contribution in [0.4, 0.5) is 5.69 Å². The fraction of sp³-hybridized carbons (Fsp3) is 0.130. The smallest absolute Gasteiger partial charge is 0.269 e. The van der Waals surface area contributed by atoms with Gasteiger partial charge in [-0.25, -0.2) is 4.98 Å². The molecule has 4 rings (SSSR count). The summed E-state index contributed by atoms with van der Waals surface area (Å²) in [6.07, 6.45) is 0. The number of aromatic nitrogens is 2. The summed E-state index contributed by atoms with van der Waals surface area (Å²) in [4.78, 5) is 28.2. The first-order chi connectivity index (χ1) is 14.5. The molecule has 4 aromatic rings. The Hall–Kier alpha value is -4.00. The average Bonchev–Trinajstić information content (AvgIpc) is 2.74. The Labute approximate surface area is 172 Å². The zero-order chi connectivity index (χ0) is 21.3. The van der Waals surface area contributed by atoms with Gasteiger partial charge in [-0.15, -0.1) is 0 Å². The Morgan fingerprint density at radius 1 is 1.00 bits per heavy atom. The highest BCUT2D eigenvalue weighted by Crippen LogP contribution is 2.24. The zero-order valence-corrected chi connectivity index (χ0v) is 16.5. The van der Waals surface area contributed by atoms with Crippen LogP contribution < -0.4 is 10.3 Å². The minimum atomic E-state index is -0.443. The lowest BCUT2D eigenvalue weighted by Gasteiger charge is -2.15. The van der Waals surface area contributed by atoms with Gasteiger partial charge in [0.1, 0.15) is 23.7 Å². The molecular weight excluding hydrogens is 382 g/mol. The monoisotopic (exact) mass is 401 g/mol. The van der Waals surface area contributed by atoms with E-state index in [2.05, 4.69) is 4.98 Å². The van der Waals surface area contributed by atoms with Crippen molar-refractivity contribution in [2.45, 2.75) is 20.5 Å². The zero-order valence-electron chi connectivity index (χ0n) is 16.5. The molecule has 7 heteroatoms. The molecule has 0 saturated carbocycles. The number of nitro benzene ring substituents is 1. The van der Waals surface area contributed by atoms with E-state index in [9.17, 15) is 14.9 Å². The lowest BCUT2D eigenvalue weighted by molar-refractivity contribution is -0.384. The van der Waals surface area contributed by atoms with Gasteiger partial charge in [-0.1, -0.05) is 24.3 Å². The molecule has 0 aliphatic carbocycles. The van der Waals surface area contributed by atoms with E-state index in [1.54, 1.807) is 41.8 Å². The maximum Gasteiger partial charge on any atom is 0.269 e. The lowest BCUT2D eigenvalue weighted by Crippen LogP contribution is -2.23. The van der Waals surface area contributed by atoms with Crippen LogP contribution in [-0.4, -0.2) is 14.5 Å². The third-order valence-electron chi connectivity index (χ3n) is 4.93. The minimum absolute atomic E-state index is 0.0259. The van der Waals surface area contributed by atoms with E-state index < -0.39 is 4.92 Å². The van der Waals surface area contributed by atoms with Gasteiger partial charge in [-0.3, -0.25) is 19.5 Å². The molecule has 0 saturated heterocycles. The van der Waals surface area contributed by atoms with Gasteiger partial charge in [0.15, 0.2) is 0 Å². The third kappa shape index (κ3) is 3.53. The molecule has 0 radical (unpaired) electrons. The van der Waals surface area contributed by atoms with Gasteiger partial charge >= 0.3 is 0 Å². The van der Waals surface area contributed by atoms with Crippen LogP contribution in [0.15, 0.2) is 71.5 Å². The van der Waals surface area contributed by atoms with Crippen molar-refractivity contribution in [2.75, 3.05) is 0 Å². The number of ether oxygens (including phenoxy) is 1. The summed E-state index contributed by atoms with van der Waals surface area (Å²) in [7, 11) is 0. The second-order valence-electron chi connectivity index (χ2n) is 6.95. The van der Waals surface area contributed by atoms with Gasteiger partial charge in [0, 0.05) is 12.1 Å². The maximum atomic E-state index is 13.2. The van der Waals surface area contributed by atoms with Crippen LogP contribution >= 0.6 is 0 Å². The number of nitro groups is 1. The summed E-state index contributed by atoms with van der Waals surface area (Å²) in [5, 5.41) is 11.3. The number of hydrogen-bond acceptors (Lipinski definition) is 5. The van der Waals surface area contributed by atoms with Crippen LogP contribution in [-0.2, 0) is 6.61 Å². The van der Waals surface area contributed by atoms with Crippen molar-refractivity contribution in [1.82, 2.24) is 9.55 Å². The second kappa shape index (κ2) is 7.79. The van der Waals surface area contributed by atoms with Gasteiger partial charge in [0.2, 0.25) is 0 Å². The summed E-state index contributed by atoms with van der Waals surface area (Å²) in [5.74, 6) is 1.05. The number of hydrogen-bond donors (Lipinski definition) is 0. The molecule has 7 nitrogen and oxygen atoms in total. The lowest BCUT2D eigenvalue weighted by atomic mass is 10.1. The highest BCUT2D eigenvalue weighted by molar-refractivity contribution is 5.84. The molecule has 3 aromatic carbocycles. The van der Waals surface area contributed by atoms with E-state index >= 15 is 0 Å². The van der Waals surface area contributed by atoms with E-state index in [0.29, 0.717) is 22.5 Å². The van der Waals surface area contributed by atoms with Crippen molar-refractivity contribution in [1.29, 1.82) is 0 Å². The quantitative estimate of drug-likeness (QED) is 0.363. The van der Waals surface area contributed by atoms with Gasteiger partial charge < -0.3 is 4.74 Å². The highest BCUT2D eigenvalue weighted by atomic mass is 16.6. The van der Waals surface area contributed by atoms with Crippen molar-refractivity contribution < 1.29 is 9.66 Å². The van der Waals surface area contributed by atoms with Gasteiger partial charge in [-0.05, 0) is 55.3 Å². The van der Waals surface area contributed by atoms with Crippen molar-refractivity contribution in [3.05, 3.63) is 104 Å². The molecular formula is C23H19N3O4. The minimum Gasteiger partial charge on any atom is -0.487 e. The van der Waals surface area contributed by atoms with Crippen LogP contribution in [0.25, 0.3) is 16.6 Å². The first-order valence-electron chi connectivity index (χ1n) is 9.40. The molecule has 0 spiro atoms. The fourth-order valence-corrected chi connectivity index (χ4v) is 3.38. The Kier molecular flexibility index (Phi) is 5.02. The Balaban J connectivity index is 1.71. The average molecular weight is 401 g/mol. The normalized spacial score (nSPS) is 10.9. The third-order valence-corrected chi connectivity index (χ3v) is 4.93. The summed E-state index contributed by atoms with van der Waals surface area (Å²) in [5.41, 5.74) is 2.92. The first-order valence-corrected chi connectivity index (χ1v) is 9.40. The van der Waals surface area contributed by atoms with E-state index in [1.807, 2.05) is 31.2 Å². The number of fused-ring (bicyclic) bond motifs is 1. The summed E-state index contributed by atoms with van der Waals surface area (Å²) < 4.78 is 7.51. The predicted octanol–water partition coefficient (Wildman–Crippen LogP) is 4.49. The molecule has 0 fully saturated rings. The van der Waals surface area contributed by atoms with Crippen LogP contribution in [0.1, 0.15) is 17.0 Å². The number of nitrogens with zero attached hydrogens (tertiary/aromatic N) is 3. The number of non-ortho nitro benzene ring substituents is 1. The number of para-hydroxylation sites is 2. The molecule has 0 N–H and O–H groups in total. The SMILES string of the molecule is Cc1ccccc1-n1c(C)nc2c(OCc3ccc([N+](=O)[O-])cc3)cccc2c1=O. The summed E-state index contributed by atoms with van der Waals surface area (Å²) in [6, 6.07) is 19.1. The van der Waals surface area contributed by atoms with Crippen molar-refractivity contribution in [3.8, 4) is 11.4 Å². The second-order valence-corrected chi connectivity index (χ2v) is 6.95. The topological polar surface area (TPSA) is 87.3 Å². The van der Waals surface area contributed by atoms with Crippen molar-refractivity contribution in [2.24, 2.45) is 0 Å². The van der Waals surface area contributed by atoms with Gasteiger partial charge in [0.25, 0.3) is 11.2 Å². The van der Waals surface area contributed by atoms with Crippen LogP contribution in [0, 0.1) is 24.0 Å². The van der Waals surface area contributed by atoms with E-state index in [-0.39, 0.29) is 17.9 Å². The first kappa shape index (κ1) is 19.3. The van der Waals surface area contributed by atoms with Crippen LogP contribution in [0.2, 0.25) is 0 Å². The number of aryl methyl sites for hydroxylation is 2. The number of benzene rings is 3. The Bertz CT molecular complexity index is 1310. The molecule has 0 bridgehead atoms. The summed E-state index contributed by atoms with van der Waals surface area (Å²) >= 11 is 0. The van der Waals surface area contributed by atoms with Gasteiger partial charge in [-0.2, -0.15) is 0 Å². The fourth-order valence-electron chi connectivity index (χ4n) is 3.38. The van der Waals surface area contributed by atoms with Gasteiger partial charge in [0.05, 0.1) is 16.0 Å². The molecule has 0 amide bonds. The standard InChI is InChI=1S/C23H19N3O4/c1-15-6-3-4-8-20(15)25-16(2)24-22-19(23(25)27)7-5-9-21(22)30-14-17-10-12-18(13-11-17)26(28)29/h3-13H,14H2,1-2H3. The van der Waals surface area contributed by atoms with E-state index in [4.69, 9.17) is 4.74 Å². The maximum absolute atomic E-state index is 13.2. The van der Waals surface area contributed by atoms with Crippen molar-refractivity contribution in [3.63, 3.8) is 0 Å². The predicted molar refractivity (Wildman–Crippen MR) is 114 cm³/mol. The van der Waals surface area contributed by atoms with Crippen LogP contribution in [0.5, 0.6) is 5.75 Å². The highest BCUT2D eigenvalue weighted by Gasteiger charge is 2.14. The molecule has 1 aromatic heterocycles. The number of rotatable bonds is 5. The molecule has 0 atom stereocenters. The molecule has 30 heavy (non-hydrogen) atoms. The van der Waals surface area contributed by atoms with Crippen LogP contribution in [0.3, 0.4) is 0 Å². The molecule has 0 unspecified atom stereocenters. The van der Waals surface area contributed by atoms with Crippen molar-refractivity contribution >= 4 is 16.6 Å². The Morgan fingerprint density at radius 3 is 2.43 bits per heavy atom.